The van der Waals surface area contributed by atoms with Gasteiger partial charge in [0.05, 0.1) is 27.8 Å². The van der Waals surface area contributed by atoms with Crippen LogP contribution in [0.2, 0.25) is 0 Å². The number of nitrogens with one attached hydrogen (secondary N) is 1. The maximum Gasteiger partial charge on any atom is 0.251 e. The van der Waals surface area contributed by atoms with Gasteiger partial charge < -0.3 is 5.32 Å². The first kappa shape index (κ1) is 16.3. The average Bonchev–Trinajstić information content (AvgIpc) is 2.61. The molecule has 1 saturated heterocycles. The molecule has 0 radical (unpaired) electrons. The van der Waals surface area contributed by atoms with Gasteiger partial charge in [-0.05, 0) is 18.2 Å². The third kappa shape index (κ3) is 3.96. The van der Waals surface area contributed by atoms with Gasteiger partial charge >= 0.3 is 0 Å². The zero-order chi connectivity index (χ0) is 15.8. The first-order valence-electron chi connectivity index (χ1n) is 6.04. The summed E-state index contributed by atoms with van der Waals surface area (Å²) in [4.78, 5) is 12.1. The van der Waals surface area contributed by atoms with Crippen LogP contribution in [-0.2, 0) is 19.7 Å². The second kappa shape index (κ2) is 5.58. The Labute approximate surface area is 128 Å². The maximum absolute atomic E-state index is 12.1. The number of hydrogen-bond acceptors (Lipinski definition) is 5. The molecule has 1 aromatic rings. The van der Waals surface area contributed by atoms with Gasteiger partial charge in [0, 0.05) is 11.8 Å². The number of carbonyl (C=O) groups excluding carboxylic acids is 1. The molecule has 1 amide bonds. The van der Waals surface area contributed by atoms with Crippen LogP contribution in [0.5, 0.6) is 0 Å². The summed E-state index contributed by atoms with van der Waals surface area (Å²) in [5.74, 6) is -0.935. The lowest BCUT2D eigenvalue weighted by Crippen LogP contribution is -2.40. The van der Waals surface area contributed by atoms with E-state index in [-0.39, 0.29) is 22.0 Å². The SMILES string of the molecule is CS(=O)(=O)c1cccc(C(=O)NC2CS(=O)(=O)CC2Cl)c1. The standard InChI is InChI=1S/C12H14ClNO5S2/c1-20(16,17)9-4-2-3-8(5-9)12(15)14-11-7-21(18,19)6-10(11)13/h2-5,10-11H,6-7H2,1H3,(H,14,15). The monoisotopic (exact) mass is 351 g/mol. The maximum atomic E-state index is 12.1. The Morgan fingerprint density at radius 2 is 2.00 bits per heavy atom. The fraction of sp³-hybridized carbons (Fsp3) is 0.417. The van der Waals surface area contributed by atoms with Crippen molar-refractivity contribution in [3.63, 3.8) is 0 Å². The van der Waals surface area contributed by atoms with E-state index in [0.717, 1.165) is 6.26 Å². The summed E-state index contributed by atoms with van der Waals surface area (Å²) in [5.41, 5.74) is 0.145. The number of amides is 1. The molecule has 0 aliphatic carbocycles. The van der Waals surface area contributed by atoms with Crippen molar-refractivity contribution in [2.75, 3.05) is 17.8 Å². The van der Waals surface area contributed by atoms with Crippen molar-refractivity contribution in [1.82, 2.24) is 5.32 Å². The van der Waals surface area contributed by atoms with Gasteiger partial charge in [-0.1, -0.05) is 6.07 Å². The first-order chi connectivity index (χ1) is 9.58. The van der Waals surface area contributed by atoms with Crippen molar-refractivity contribution < 1.29 is 21.6 Å². The minimum Gasteiger partial charge on any atom is -0.347 e. The molecule has 1 fully saturated rings. The Bertz CT molecular complexity index is 773. The zero-order valence-electron chi connectivity index (χ0n) is 11.1. The molecule has 2 atom stereocenters. The zero-order valence-corrected chi connectivity index (χ0v) is 13.5. The number of carbonyl (C=O) groups is 1. The van der Waals surface area contributed by atoms with Crippen molar-refractivity contribution in [1.29, 1.82) is 0 Å². The van der Waals surface area contributed by atoms with Crippen LogP contribution >= 0.6 is 11.6 Å². The van der Waals surface area contributed by atoms with E-state index >= 15 is 0 Å². The second-order valence-electron chi connectivity index (χ2n) is 4.97. The van der Waals surface area contributed by atoms with Crippen molar-refractivity contribution in [2.45, 2.75) is 16.3 Å². The lowest BCUT2D eigenvalue weighted by molar-refractivity contribution is 0.0941. The summed E-state index contributed by atoms with van der Waals surface area (Å²) in [5, 5.41) is 1.85. The highest BCUT2D eigenvalue weighted by atomic mass is 35.5. The first-order valence-corrected chi connectivity index (χ1v) is 10.2. The van der Waals surface area contributed by atoms with Crippen molar-refractivity contribution in [3.05, 3.63) is 29.8 Å². The topological polar surface area (TPSA) is 97.4 Å². The highest BCUT2D eigenvalue weighted by Crippen LogP contribution is 2.19. The molecule has 116 valence electrons. The summed E-state index contributed by atoms with van der Waals surface area (Å²) in [6, 6.07) is 4.87. The van der Waals surface area contributed by atoms with Crippen LogP contribution in [0.15, 0.2) is 29.2 Å². The van der Waals surface area contributed by atoms with Crippen LogP contribution in [0, 0.1) is 0 Å². The minimum atomic E-state index is -3.42. The Balaban J connectivity index is 2.18. The number of rotatable bonds is 3. The molecule has 1 aliphatic rings. The van der Waals surface area contributed by atoms with Gasteiger partial charge in [-0.2, -0.15) is 0 Å². The van der Waals surface area contributed by atoms with Gasteiger partial charge in [0.2, 0.25) is 0 Å². The molecule has 21 heavy (non-hydrogen) atoms. The molecule has 0 saturated carbocycles. The van der Waals surface area contributed by atoms with Crippen molar-refractivity contribution in [3.8, 4) is 0 Å². The van der Waals surface area contributed by atoms with Gasteiger partial charge in [0.1, 0.15) is 0 Å². The molecule has 1 aromatic carbocycles. The molecule has 0 spiro atoms. The fourth-order valence-electron chi connectivity index (χ4n) is 2.06. The lowest BCUT2D eigenvalue weighted by Gasteiger charge is -2.14. The molecule has 0 bridgehead atoms. The van der Waals surface area contributed by atoms with E-state index in [1.54, 1.807) is 0 Å². The predicted molar refractivity (Wildman–Crippen MR) is 79.1 cm³/mol. The van der Waals surface area contributed by atoms with Gasteiger partial charge in [-0.3, -0.25) is 4.79 Å². The van der Waals surface area contributed by atoms with E-state index in [1.807, 2.05) is 0 Å². The molecule has 9 heteroatoms. The number of benzene rings is 1. The van der Waals surface area contributed by atoms with Crippen molar-refractivity contribution >= 4 is 37.2 Å². The Morgan fingerprint density at radius 3 is 2.52 bits per heavy atom. The number of alkyl halides is 1. The van der Waals surface area contributed by atoms with E-state index in [1.165, 1.54) is 24.3 Å². The van der Waals surface area contributed by atoms with Crippen LogP contribution < -0.4 is 5.32 Å². The van der Waals surface area contributed by atoms with Crippen LogP contribution in [-0.4, -0.2) is 51.9 Å². The molecule has 0 aromatic heterocycles. The van der Waals surface area contributed by atoms with E-state index < -0.39 is 37.0 Å². The van der Waals surface area contributed by atoms with Crippen LogP contribution in [0.25, 0.3) is 0 Å². The second-order valence-corrected chi connectivity index (χ2v) is 9.70. The molecule has 2 unspecified atom stereocenters. The quantitative estimate of drug-likeness (QED) is 0.786. The molecule has 1 N–H and O–H groups in total. The molecule has 1 aliphatic heterocycles. The smallest absolute Gasteiger partial charge is 0.251 e. The summed E-state index contributed by atoms with van der Waals surface area (Å²) >= 11 is 5.91. The minimum absolute atomic E-state index is 0.0246. The number of sulfone groups is 2. The highest BCUT2D eigenvalue weighted by Gasteiger charge is 2.37. The van der Waals surface area contributed by atoms with E-state index in [4.69, 9.17) is 11.6 Å². The normalized spacial score (nSPS) is 24.7. The molecule has 2 rings (SSSR count). The van der Waals surface area contributed by atoms with Gasteiger partial charge in [0.25, 0.3) is 5.91 Å². The predicted octanol–water partition coefficient (Wildman–Crippen LogP) is 0.224. The van der Waals surface area contributed by atoms with Crippen molar-refractivity contribution in [2.24, 2.45) is 0 Å². The van der Waals surface area contributed by atoms with Crippen LogP contribution in [0.1, 0.15) is 10.4 Å². The lowest BCUT2D eigenvalue weighted by atomic mass is 10.2. The van der Waals surface area contributed by atoms with Crippen LogP contribution in [0.4, 0.5) is 0 Å². The molecule has 1 heterocycles. The molecular formula is C12H14ClNO5S2. The van der Waals surface area contributed by atoms with Gasteiger partial charge in [-0.15, -0.1) is 11.6 Å². The molecule has 6 nitrogen and oxygen atoms in total. The molecular weight excluding hydrogens is 338 g/mol. The van der Waals surface area contributed by atoms with Crippen LogP contribution in [0.3, 0.4) is 0 Å². The summed E-state index contributed by atoms with van der Waals surface area (Å²) in [6.45, 7) is 0. The summed E-state index contributed by atoms with van der Waals surface area (Å²) in [7, 11) is -6.66. The highest BCUT2D eigenvalue weighted by molar-refractivity contribution is 7.91. The van der Waals surface area contributed by atoms with Gasteiger partial charge in [-0.25, -0.2) is 16.8 Å². The number of hydrogen-bond donors (Lipinski definition) is 1. The van der Waals surface area contributed by atoms with E-state index in [9.17, 15) is 21.6 Å². The number of halogens is 1. The summed E-state index contributed by atoms with van der Waals surface area (Å²) in [6.07, 6.45) is 1.04. The third-order valence-electron chi connectivity index (χ3n) is 3.12. The summed E-state index contributed by atoms with van der Waals surface area (Å²) < 4.78 is 45.8. The Morgan fingerprint density at radius 1 is 1.33 bits per heavy atom. The van der Waals surface area contributed by atoms with E-state index in [2.05, 4.69) is 5.32 Å². The Kier molecular flexibility index (Phi) is 4.32. The largest absolute Gasteiger partial charge is 0.347 e. The fourth-order valence-corrected chi connectivity index (χ4v) is 5.27. The third-order valence-corrected chi connectivity index (χ3v) is 6.61. The average molecular weight is 352 g/mol. The van der Waals surface area contributed by atoms with E-state index in [0.29, 0.717) is 0 Å². The van der Waals surface area contributed by atoms with Gasteiger partial charge in [0.15, 0.2) is 19.7 Å². The Hall–Kier alpha value is -1.12.